The van der Waals surface area contributed by atoms with Crippen LogP contribution in [-0.4, -0.2) is 89.0 Å². The highest BCUT2D eigenvalue weighted by Gasteiger charge is 2.48. The van der Waals surface area contributed by atoms with Crippen molar-refractivity contribution in [3.05, 3.63) is 17.0 Å². The van der Waals surface area contributed by atoms with Crippen LogP contribution in [0.4, 0.5) is 5.95 Å². The molecular formula is C17H25N5O4S. The number of anilines is 1. The van der Waals surface area contributed by atoms with Crippen molar-refractivity contribution in [3.63, 3.8) is 0 Å². The van der Waals surface area contributed by atoms with Gasteiger partial charge in [0, 0.05) is 36.9 Å². The number of hydrogen-bond acceptors (Lipinski definition) is 8. The summed E-state index contributed by atoms with van der Waals surface area (Å²) in [6, 6.07) is -0.701. The first-order valence-corrected chi connectivity index (χ1v) is 11.2. The molecule has 1 aromatic heterocycles. The van der Waals surface area contributed by atoms with Crippen molar-refractivity contribution < 1.29 is 18.3 Å². The van der Waals surface area contributed by atoms with Crippen molar-refractivity contribution in [2.45, 2.75) is 37.8 Å². The van der Waals surface area contributed by atoms with Crippen LogP contribution in [-0.2, 0) is 22.7 Å². The van der Waals surface area contributed by atoms with Crippen molar-refractivity contribution in [1.29, 1.82) is 0 Å². The van der Waals surface area contributed by atoms with Crippen molar-refractivity contribution in [2.75, 3.05) is 43.5 Å². The second-order valence-corrected chi connectivity index (χ2v) is 9.69. The summed E-state index contributed by atoms with van der Waals surface area (Å²) in [6.07, 6.45) is 3.52. The van der Waals surface area contributed by atoms with E-state index in [0.29, 0.717) is 25.3 Å². The summed E-state index contributed by atoms with van der Waals surface area (Å²) >= 11 is 0. The van der Waals surface area contributed by atoms with Crippen molar-refractivity contribution in [3.8, 4) is 0 Å². The molecule has 2 saturated heterocycles. The highest BCUT2D eigenvalue weighted by atomic mass is 32.2. The van der Waals surface area contributed by atoms with Crippen molar-refractivity contribution in [1.82, 2.24) is 19.8 Å². The first-order chi connectivity index (χ1) is 12.9. The zero-order valence-corrected chi connectivity index (χ0v) is 16.0. The van der Waals surface area contributed by atoms with E-state index in [9.17, 15) is 18.3 Å². The number of carbonyl (C=O) groups excluding carboxylic acids is 1. The van der Waals surface area contributed by atoms with Gasteiger partial charge in [0.15, 0.2) is 9.84 Å². The van der Waals surface area contributed by atoms with Gasteiger partial charge in [-0.15, -0.1) is 0 Å². The lowest BCUT2D eigenvalue weighted by Crippen LogP contribution is -2.61. The second kappa shape index (κ2) is 6.99. The van der Waals surface area contributed by atoms with E-state index in [2.05, 4.69) is 9.97 Å². The Morgan fingerprint density at radius 2 is 1.89 bits per heavy atom. The van der Waals surface area contributed by atoms with Crippen molar-refractivity contribution >= 4 is 21.7 Å². The topological polar surface area (TPSA) is 130 Å². The molecule has 148 valence electrons. The molecule has 9 nitrogen and oxygen atoms in total. The van der Waals surface area contributed by atoms with Crippen LogP contribution in [0.3, 0.4) is 0 Å². The number of aliphatic hydroxyl groups excluding tert-OH is 1. The Hall–Kier alpha value is -1.78. The Kier molecular flexibility index (Phi) is 4.81. The highest BCUT2D eigenvalue weighted by molar-refractivity contribution is 7.91. The fraction of sp³-hybridized carbons (Fsp3) is 0.706. The molecule has 2 atom stereocenters. The lowest BCUT2D eigenvalue weighted by molar-refractivity contribution is 0.0276. The Morgan fingerprint density at radius 1 is 1.15 bits per heavy atom. The summed E-state index contributed by atoms with van der Waals surface area (Å²) < 4.78 is 24.5. The molecule has 4 rings (SSSR count). The fourth-order valence-electron chi connectivity index (χ4n) is 4.61. The van der Waals surface area contributed by atoms with Gasteiger partial charge in [-0.1, -0.05) is 0 Å². The fourth-order valence-corrected chi connectivity index (χ4v) is 6.62. The number of piperazine rings is 1. The first kappa shape index (κ1) is 18.6. The van der Waals surface area contributed by atoms with Crippen LogP contribution in [0, 0.1) is 0 Å². The van der Waals surface area contributed by atoms with Crippen LogP contribution in [0.15, 0.2) is 0 Å². The highest BCUT2D eigenvalue weighted by Crippen LogP contribution is 2.30. The molecule has 0 aromatic carbocycles. The second-order valence-electron chi connectivity index (χ2n) is 7.53. The molecule has 0 spiro atoms. The number of aromatic nitrogens is 2. The average molecular weight is 395 g/mol. The average Bonchev–Trinajstić information content (AvgIpc) is 2.96. The molecule has 2 fully saturated rings. The third-order valence-electron chi connectivity index (χ3n) is 5.84. The minimum absolute atomic E-state index is 0.0193. The number of amides is 1. The minimum atomic E-state index is -3.23. The van der Waals surface area contributed by atoms with Crippen molar-refractivity contribution in [2.24, 2.45) is 0 Å². The quantitative estimate of drug-likeness (QED) is 0.656. The van der Waals surface area contributed by atoms with Gasteiger partial charge in [-0.25, -0.2) is 18.4 Å². The van der Waals surface area contributed by atoms with Crippen LogP contribution in [0.5, 0.6) is 0 Å². The van der Waals surface area contributed by atoms with Gasteiger partial charge in [-0.05, 0) is 25.7 Å². The maximum atomic E-state index is 13.4. The number of sulfone groups is 1. The Labute approximate surface area is 158 Å². The van der Waals surface area contributed by atoms with Gasteiger partial charge in [0.1, 0.15) is 5.69 Å². The van der Waals surface area contributed by atoms with Crippen LogP contribution in [0.1, 0.15) is 34.6 Å². The Balaban J connectivity index is 1.67. The van der Waals surface area contributed by atoms with Crippen LogP contribution >= 0.6 is 0 Å². The predicted octanol–water partition coefficient (Wildman–Crippen LogP) is -1.15. The van der Waals surface area contributed by atoms with Crippen LogP contribution in [0.2, 0.25) is 0 Å². The largest absolute Gasteiger partial charge is 0.395 e. The normalized spacial score (nSPS) is 27.2. The summed E-state index contributed by atoms with van der Waals surface area (Å²) in [6.45, 7) is 1.32. The van der Waals surface area contributed by atoms with E-state index in [1.54, 1.807) is 4.90 Å². The standard InChI is InChI=1S/C17H25N5O4S/c18-17-19-12-4-2-1-3-11(12)15(20-17)16(24)22-6-5-21(7-8-23)13-9-27(25,26)10-14(13)22/h13-14,23H,1-10H2,(H2,18,19,20)/t13-,14+/m1/s1. The summed E-state index contributed by atoms with van der Waals surface area (Å²) in [5, 5.41) is 9.28. The van der Waals surface area contributed by atoms with E-state index in [-0.39, 0.29) is 36.0 Å². The molecular weight excluding hydrogens is 370 g/mol. The third kappa shape index (κ3) is 3.41. The zero-order valence-electron chi connectivity index (χ0n) is 15.2. The van der Waals surface area contributed by atoms with Gasteiger partial charge >= 0.3 is 0 Å². The number of rotatable bonds is 3. The molecule has 3 heterocycles. The number of aliphatic hydroxyl groups is 1. The van der Waals surface area contributed by atoms with Crippen LogP contribution in [0.25, 0.3) is 0 Å². The Bertz CT molecular complexity index is 859. The zero-order chi connectivity index (χ0) is 19.2. The van der Waals surface area contributed by atoms with Gasteiger partial charge in [0.25, 0.3) is 5.91 Å². The van der Waals surface area contributed by atoms with E-state index in [4.69, 9.17) is 5.73 Å². The summed E-state index contributed by atoms with van der Waals surface area (Å²) in [5.74, 6) is -0.189. The van der Waals surface area contributed by atoms with Gasteiger partial charge in [-0.2, -0.15) is 0 Å². The Morgan fingerprint density at radius 3 is 2.67 bits per heavy atom. The maximum Gasteiger partial charge on any atom is 0.273 e. The lowest BCUT2D eigenvalue weighted by Gasteiger charge is -2.43. The number of aryl methyl sites for hydroxylation is 1. The molecule has 2 aliphatic heterocycles. The molecule has 0 radical (unpaired) electrons. The molecule has 27 heavy (non-hydrogen) atoms. The number of nitrogens with zero attached hydrogens (tertiary/aromatic N) is 4. The molecule has 1 aliphatic carbocycles. The summed E-state index contributed by atoms with van der Waals surface area (Å²) in [4.78, 5) is 25.5. The molecule has 3 N–H and O–H groups in total. The SMILES string of the molecule is Nc1nc2c(c(C(=O)N3CCN(CCO)[C@@H]4CS(=O)(=O)C[C@@H]43)n1)CCCC2. The molecule has 3 aliphatic rings. The third-order valence-corrected chi connectivity index (χ3v) is 7.54. The molecule has 0 saturated carbocycles. The minimum Gasteiger partial charge on any atom is -0.395 e. The summed E-state index contributed by atoms with van der Waals surface area (Å²) in [7, 11) is -3.23. The van der Waals surface area contributed by atoms with E-state index in [1.165, 1.54) is 0 Å². The molecule has 0 unspecified atom stereocenters. The number of nitrogens with two attached hydrogens (primary N) is 1. The van der Waals surface area contributed by atoms with E-state index in [1.807, 2.05) is 4.90 Å². The number of carbonyl (C=O) groups is 1. The number of hydrogen-bond donors (Lipinski definition) is 2. The number of β-amino-alcohol motifs (C(OH)–C–C–N with tert-alkyl or cyclic N) is 1. The van der Waals surface area contributed by atoms with E-state index in [0.717, 1.165) is 36.9 Å². The van der Waals surface area contributed by atoms with Gasteiger partial charge in [0.05, 0.1) is 24.2 Å². The van der Waals surface area contributed by atoms with Crippen LogP contribution < -0.4 is 5.73 Å². The maximum absolute atomic E-state index is 13.4. The molecule has 1 amide bonds. The lowest BCUT2D eigenvalue weighted by atomic mass is 9.93. The first-order valence-electron chi connectivity index (χ1n) is 9.41. The number of nitrogen functional groups attached to an aromatic ring is 1. The van der Waals surface area contributed by atoms with Gasteiger partial charge < -0.3 is 15.7 Å². The smallest absolute Gasteiger partial charge is 0.273 e. The molecule has 10 heteroatoms. The number of fused-ring (bicyclic) bond motifs is 2. The predicted molar refractivity (Wildman–Crippen MR) is 99.0 cm³/mol. The van der Waals surface area contributed by atoms with E-state index < -0.39 is 15.9 Å². The monoisotopic (exact) mass is 395 g/mol. The van der Waals surface area contributed by atoms with E-state index >= 15 is 0 Å². The van der Waals surface area contributed by atoms with Gasteiger partial charge in [-0.3, -0.25) is 9.69 Å². The van der Waals surface area contributed by atoms with Gasteiger partial charge in [0.2, 0.25) is 5.95 Å². The summed E-state index contributed by atoms with van der Waals surface area (Å²) in [5.41, 5.74) is 7.86. The molecule has 1 aromatic rings. The molecule has 0 bridgehead atoms.